The van der Waals surface area contributed by atoms with Crippen molar-refractivity contribution in [2.24, 2.45) is 0 Å². The first-order valence-corrected chi connectivity index (χ1v) is 7.97. The molecule has 0 atom stereocenters. The Morgan fingerprint density at radius 1 is 1.05 bits per heavy atom. The van der Waals surface area contributed by atoms with E-state index in [0.29, 0.717) is 10.6 Å². The van der Waals surface area contributed by atoms with E-state index in [-0.39, 0.29) is 21.9 Å². The van der Waals surface area contributed by atoms with Crippen molar-refractivity contribution in [3.05, 3.63) is 70.4 Å². The standard InChI is InChI=1S/C15H10ClNO3S/c16-11-5-3-4-10(8-11)9-13-15(18)12-6-1-2-7-14(12)21(19,20)17-13/h1-9,17H. The summed E-state index contributed by atoms with van der Waals surface area (Å²) in [6.07, 6.45) is 1.47. The Bertz CT molecular complexity index is 872. The van der Waals surface area contributed by atoms with Crippen molar-refractivity contribution < 1.29 is 13.2 Å². The van der Waals surface area contributed by atoms with Crippen LogP contribution in [0.3, 0.4) is 0 Å². The zero-order valence-electron chi connectivity index (χ0n) is 10.7. The van der Waals surface area contributed by atoms with Crippen LogP contribution in [-0.2, 0) is 10.0 Å². The van der Waals surface area contributed by atoms with Crippen LogP contribution in [0.2, 0.25) is 5.02 Å². The number of carbonyl (C=O) groups excluding carboxylic acids is 1. The molecule has 1 N–H and O–H groups in total. The first kappa shape index (κ1) is 13.9. The van der Waals surface area contributed by atoms with Gasteiger partial charge in [0.05, 0.1) is 10.6 Å². The summed E-state index contributed by atoms with van der Waals surface area (Å²) in [4.78, 5) is 12.4. The minimum Gasteiger partial charge on any atom is -0.287 e. The van der Waals surface area contributed by atoms with Gasteiger partial charge in [-0.05, 0) is 35.9 Å². The number of hydrogen-bond acceptors (Lipinski definition) is 3. The van der Waals surface area contributed by atoms with Crippen molar-refractivity contribution in [3.63, 3.8) is 0 Å². The second-order valence-electron chi connectivity index (χ2n) is 4.54. The molecule has 21 heavy (non-hydrogen) atoms. The summed E-state index contributed by atoms with van der Waals surface area (Å²) in [5.41, 5.74) is 0.827. The van der Waals surface area contributed by atoms with E-state index in [4.69, 9.17) is 11.6 Å². The molecule has 0 unspecified atom stereocenters. The van der Waals surface area contributed by atoms with Gasteiger partial charge in [-0.1, -0.05) is 35.9 Å². The maximum Gasteiger partial charge on any atom is 0.262 e. The lowest BCUT2D eigenvalue weighted by atomic mass is 10.1. The van der Waals surface area contributed by atoms with E-state index in [9.17, 15) is 13.2 Å². The molecule has 1 heterocycles. The fourth-order valence-electron chi connectivity index (χ4n) is 2.14. The predicted molar refractivity (Wildman–Crippen MR) is 80.5 cm³/mol. The lowest BCUT2D eigenvalue weighted by Crippen LogP contribution is -2.34. The molecule has 1 aliphatic heterocycles. The van der Waals surface area contributed by atoms with Crippen molar-refractivity contribution in [3.8, 4) is 0 Å². The minimum atomic E-state index is -3.73. The number of Topliss-reactive ketones (excluding diaryl/α,β-unsaturated/α-hetero) is 1. The average Bonchev–Trinajstić information content (AvgIpc) is 2.44. The summed E-state index contributed by atoms with van der Waals surface area (Å²) in [6.45, 7) is 0. The van der Waals surface area contributed by atoms with Crippen LogP contribution < -0.4 is 4.72 Å². The van der Waals surface area contributed by atoms with Crippen LogP contribution in [0.4, 0.5) is 0 Å². The molecule has 2 aromatic rings. The summed E-state index contributed by atoms with van der Waals surface area (Å²) in [5, 5.41) is 0.510. The number of halogens is 1. The first-order chi connectivity index (χ1) is 9.97. The zero-order chi connectivity index (χ0) is 15.0. The van der Waals surface area contributed by atoms with E-state index in [1.165, 1.54) is 18.2 Å². The number of nitrogens with one attached hydrogen (secondary N) is 1. The molecule has 0 aromatic heterocycles. The molecule has 0 fully saturated rings. The van der Waals surface area contributed by atoms with Crippen LogP contribution in [0.25, 0.3) is 6.08 Å². The van der Waals surface area contributed by atoms with E-state index in [2.05, 4.69) is 4.72 Å². The SMILES string of the molecule is O=C1C(=Cc2cccc(Cl)c2)NS(=O)(=O)c2ccccc21. The molecule has 3 rings (SSSR count). The Morgan fingerprint density at radius 2 is 1.81 bits per heavy atom. The van der Waals surface area contributed by atoms with Crippen LogP contribution in [-0.4, -0.2) is 14.2 Å². The van der Waals surface area contributed by atoms with E-state index in [1.54, 1.807) is 36.4 Å². The van der Waals surface area contributed by atoms with Crippen LogP contribution in [0.15, 0.2) is 59.1 Å². The third-order valence-electron chi connectivity index (χ3n) is 3.07. The second kappa shape index (κ2) is 5.02. The molecule has 0 bridgehead atoms. The Balaban J connectivity index is 2.13. The van der Waals surface area contributed by atoms with Gasteiger partial charge >= 0.3 is 0 Å². The molecule has 0 radical (unpaired) electrons. The molecular weight excluding hydrogens is 310 g/mol. The third kappa shape index (κ3) is 2.57. The number of ketones is 1. The van der Waals surface area contributed by atoms with Gasteiger partial charge in [-0.3, -0.25) is 9.52 Å². The largest absolute Gasteiger partial charge is 0.287 e. The lowest BCUT2D eigenvalue weighted by molar-refractivity contribution is 0.102. The molecule has 0 aliphatic carbocycles. The minimum absolute atomic E-state index is 0.00163. The molecule has 106 valence electrons. The number of allylic oxidation sites excluding steroid dienone is 1. The summed E-state index contributed by atoms with van der Waals surface area (Å²) >= 11 is 5.88. The van der Waals surface area contributed by atoms with Crippen LogP contribution >= 0.6 is 11.6 Å². The number of rotatable bonds is 1. The second-order valence-corrected chi connectivity index (χ2v) is 6.63. The van der Waals surface area contributed by atoms with Gasteiger partial charge in [0.1, 0.15) is 0 Å². The smallest absolute Gasteiger partial charge is 0.262 e. The summed E-state index contributed by atoms with van der Waals surface area (Å²) < 4.78 is 26.6. The van der Waals surface area contributed by atoms with Crippen molar-refractivity contribution >= 4 is 33.5 Å². The van der Waals surface area contributed by atoms with Gasteiger partial charge in [-0.25, -0.2) is 8.42 Å². The monoisotopic (exact) mass is 319 g/mol. The molecule has 2 aromatic carbocycles. The first-order valence-electron chi connectivity index (χ1n) is 6.11. The van der Waals surface area contributed by atoms with E-state index < -0.39 is 10.0 Å². The molecule has 6 heteroatoms. The van der Waals surface area contributed by atoms with Gasteiger partial charge in [0.2, 0.25) is 5.78 Å². The molecule has 1 aliphatic rings. The molecule has 0 saturated heterocycles. The maximum atomic E-state index is 12.4. The quantitative estimate of drug-likeness (QED) is 0.822. The van der Waals surface area contributed by atoms with Gasteiger partial charge in [0, 0.05) is 10.6 Å². The normalized spacial score (nSPS) is 18.1. The summed E-state index contributed by atoms with van der Waals surface area (Å²) in [7, 11) is -3.73. The lowest BCUT2D eigenvalue weighted by Gasteiger charge is -2.19. The highest BCUT2D eigenvalue weighted by molar-refractivity contribution is 7.90. The molecule has 4 nitrogen and oxygen atoms in total. The van der Waals surface area contributed by atoms with Gasteiger partial charge in [0.25, 0.3) is 10.0 Å². The van der Waals surface area contributed by atoms with Crippen LogP contribution in [0.5, 0.6) is 0 Å². The van der Waals surface area contributed by atoms with Crippen molar-refractivity contribution in [2.45, 2.75) is 4.90 Å². The fourth-order valence-corrected chi connectivity index (χ4v) is 3.60. The van der Waals surface area contributed by atoms with Crippen LogP contribution in [0, 0.1) is 0 Å². The van der Waals surface area contributed by atoms with E-state index in [0.717, 1.165) is 0 Å². The molecular formula is C15H10ClNO3S. The highest BCUT2D eigenvalue weighted by Crippen LogP contribution is 2.25. The Morgan fingerprint density at radius 3 is 2.57 bits per heavy atom. The molecule has 0 amide bonds. The fraction of sp³-hybridized carbons (Fsp3) is 0. The van der Waals surface area contributed by atoms with E-state index >= 15 is 0 Å². The Hall–Kier alpha value is -2.11. The highest BCUT2D eigenvalue weighted by atomic mass is 35.5. The number of carbonyl (C=O) groups is 1. The molecule has 0 saturated carbocycles. The summed E-state index contributed by atoms with van der Waals surface area (Å²) in [6, 6.07) is 12.9. The number of benzene rings is 2. The zero-order valence-corrected chi connectivity index (χ0v) is 12.3. The maximum absolute atomic E-state index is 12.4. The average molecular weight is 320 g/mol. The third-order valence-corrected chi connectivity index (χ3v) is 4.73. The molecule has 0 spiro atoms. The topological polar surface area (TPSA) is 63.2 Å². The van der Waals surface area contributed by atoms with Gasteiger partial charge < -0.3 is 0 Å². The summed E-state index contributed by atoms with van der Waals surface area (Å²) in [5.74, 6) is -0.361. The number of fused-ring (bicyclic) bond motifs is 1. The number of hydrogen-bond donors (Lipinski definition) is 1. The van der Waals surface area contributed by atoms with Crippen molar-refractivity contribution in [2.75, 3.05) is 0 Å². The van der Waals surface area contributed by atoms with Crippen molar-refractivity contribution in [1.29, 1.82) is 0 Å². The van der Waals surface area contributed by atoms with Gasteiger partial charge in [-0.15, -0.1) is 0 Å². The van der Waals surface area contributed by atoms with E-state index in [1.807, 2.05) is 0 Å². The Kier molecular flexibility index (Phi) is 3.31. The van der Waals surface area contributed by atoms with Crippen LogP contribution in [0.1, 0.15) is 15.9 Å². The van der Waals surface area contributed by atoms with Gasteiger partial charge in [0.15, 0.2) is 0 Å². The predicted octanol–water partition coefficient (Wildman–Crippen LogP) is 2.86. The number of sulfonamides is 1. The van der Waals surface area contributed by atoms with Gasteiger partial charge in [-0.2, -0.15) is 0 Å². The Labute approximate surface area is 127 Å². The highest BCUT2D eigenvalue weighted by Gasteiger charge is 2.31. The van der Waals surface area contributed by atoms with Crippen molar-refractivity contribution in [1.82, 2.24) is 4.72 Å².